The monoisotopic (exact) mass is 293 g/mol. The van der Waals surface area contributed by atoms with Crippen LogP contribution in [0.15, 0.2) is 0 Å². The van der Waals surface area contributed by atoms with Crippen LogP contribution < -0.4 is 5.32 Å². The maximum Gasteiger partial charge on any atom is 0.501 e. The zero-order valence-corrected chi connectivity index (χ0v) is 13.5. The number of carbonyl (C=O) groups excluding carboxylic acids is 1. The van der Waals surface area contributed by atoms with Gasteiger partial charge in [-0.15, -0.1) is 0 Å². The third kappa shape index (κ3) is 8.33. The molecule has 0 spiro atoms. The van der Waals surface area contributed by atoms with Crippen molar-refractivity contribution >= 4 is 14.8 Å². The highest BCUT2D eigenvalue weighted by molar-refractivity contribution is 6.60. The Hall–Kier alpha value is -0.473. The normalized spacial score (nSPS) is 11.6. The van der Waals surface area contributed by atoms with Gasteiger partial charge in [0.15, 0.2) is 0 Å². The average Bonchev–Trinajstić information content (AvgIpc) is 2.36. The Morgan fingerprint density at radius 2 is 1.58 bits per heavy atom. The van der Waals surface area contributed by atoms with Crippen LogP contribution >= 0.6 is 0 Å². The Labute approximate surface area is 117 Å². The lowest BCUT2D eigenvalue weighted by molar-refractivity contribution is -0.142. The molecule has 114 valence electrons. The van der Waals surface area contributed by atoms with E-state index in [9.17, 15) is 4.79 Å². The van der Waals surface area contributed by atoms with Gasteiger partial charge in [0.1, 0.15) is 0 Å². The number of carbonyl (C=O) groups is 1. The van der Waals surface area contributed by atoms with Gasteiger partial charge in [-0.25, -0.2) is 0 Å². The van der Waals surface area contributed by atoms with Gasteiger partial charge in [0, 0.05) is 25.9 Å². The van der Waals surface area contributed by atoms with Gasteiger partial charge < -0.3 is 23.3 Å². The molecule has 0 radical (unpaired) electrons. The summed E-state index contributed by atoms with van der Waals surface area (Å²) in [6.45, 7) is 8.04. The molecular weight excluding hydrogens is 266 g/mol. The Morgan fingerprint density at radius 3 is 2.00 bits per heavy atom. The van der Waals surface area contributed by atoms with Gasteiger partial charge in [-0.3, -0.25) is 4.79 Å². The molecule has 7 heteroatoms. The maximum atomic E-state index is 11.2. The zero-order chi connectivity index (χ0) is 14.6. The van der Waals surface area contributed by atoms with Crippen molar-refractivity contribution in [1.29, 1.82) is 0 Å². The zero-order valence-electron chi connectivity index (χ0n) is 12.5. The summed E-state index contributed by atoms with van der Waals surface area (Å²) in [4.78, 5) is 11.2. The van der Waals surface area contributed by atoms with Crippen molar-refractivity contribution in [3.63, 3.8) is 0 Å². The molecule has 0 aromatic rings. The predicted octanol–water partition coefficient (Wildman–Crippen LogP) is 1.19. The minimum atomic E-state index is -2.59. The molecule has 0 heterocycles. The lowest BCUT2D eigenvalue weighted by Gasteiger charge is -2.28. The van der Waals surface area contributed by atoms with Gasteiger partial charge in [0.2, 0.25) is 0 Å². The summed E-state index contributed by atoms with van der Waals surface area (Å²) in [5.74, 6) is -0.251. The van der Waals surface area contributed by atoms with Crippen molar-refractivity contribution in [2.45, 2.75) is 33.2 Å². The fraction of sp³-hybridized carbons (Fsp3) is 0.917. The molecule has 0 aromatic heterocycles. The van der Waals surface area contributed by atoms with E-state index in [4.69, 9.17) is 18.0 Å². The molecule has 1 N–H and O–H groups in total. The van der Waals surface area contributed by atoms with Crippen LogP contribution in [0.3, 0.4) is 0 Å². The largest absolute Gasteiger partial charge is 0.501 e. The molecule has 0 bridgehead atoms. The molecule has 19 heavy (non-hydrogen) atoms. The molecule has 0 aliphatic rings. The number of hydrogen-bond acceptors (Lipinski definition) is 6. The van der Waals surface area contributed by atoms with Gasteiger partial charge in [0.05, 0.1) is 13.2 Å². The maximum absolute atomic E-state index is 11.2. The minimum absolute atomic E-state index is 0.227. The second-order valence-corrected chi connectivity index (χ2v) is 6.57. The van der Waals surface area contributed by atoms with Crippen molar-refractivity contribution in [3.05, 3.63) is 0 Å². The van der Waals surface area contributed by atoms with Gasteiger partial charge in [0.25, 0.3) is 0 Å². The predicted molar refractivity (Wildman–Crippen MR) is 74.9 cm³/mol. The number of rotatable bonds is 12. The molecule has 0 atom stereocenters. The molecular formula is C12H27NO5Si. The highest BCUT2D eigenvalue weighted by atomic mass is 28.4. The highest BCUT2D eigenvalue weighted by Crippen LogP contribution is 2.18. The Bertz CT molecular complexity index is 223. The summed E-state index contributed by atoms with van der Waals surface area (Å²) < 4.78 is 22.2. The first-order valence-electron chi connectivity index (χ1n) is 6.86. The Morgan fingerprint density at radius 1 is 1.05 bits per heavy atom. The molecule has 0 aliphatic heterocycles. The molecule has 0 saturated carbocycles. The standard InChI is InChI=1S/C12H27NO5Si/c1-5-16-19(17-6-2,18-7-3)10-8-9-15-12(14)11-13-4/h13H,5-11H2,1-4H3. The smallest absolute Gasteiger partial charge is 0.465 e. The van der Waals surface area contributed by atoms with Crippen LogP contribution in [-0.4, -0.2) is 54.8 Å². The van der Waals surface area contributed by atoms with E-state index < -0.39 is 8.80 Å². The summed E-state index contributed by atoms with van der Waals surface area (Å²) >= 11 is 0. The van der Waals surface area contributed by atoms with E-state index in [1.807, 2.05) is 20.8 Å². The van der Waals surface area contributed by atoms with E-state index in [2.05, 4.69) is 5.32 Å². The number of hydrogen-bond donors (Lipinski definition) is 1. The van der Waals surface area contributed by atoms with Gasteiger partial charge in [-0.2, -0.15) is 0 Å². The van der Waals surface area contributed by atoms with E-state index in [0.717, 1.165) is 0 Å². The van der Waals surface area contributed by atoms with Crippen molar-refractivity contribution < 1.29 is 22.8 Å². The van der Waals surface area contributed by atoms with Crippen LogP contribution in [0.1, 0.15) is 27.2 Å². The fourth-order valence-electron chi connectivity index (χ4n) is 1.67. The molecule has 0 fully saturated rings. The Balaban J connectivity index is 4.13. The van der Waals surface area contributed by atoms with Crippen LogP contribution in [0.2, 0.25) is 6.04 Å². The van der Waals surface area contributed by atoms with Crippen molar-refractivity contribution in [2.24, 2.45) is 0 Å². The summed E-state index contributed by atoms with van der Waals surface area (Å²) in [6.07, 6.45) is 0.682. The topological polar surface area (TPSA) is 66.0 Å². The average molecular weight is 293 g/mol. The fourth-order valence-corrected chi connectivity index (χ4v) is 4.25. The van der Waals surface area contributed by atoms with E-state index in [1.165, 1.54) is 0 Å². The third-order valence-electron chi connectivity index (χ3n) is 2.30. The number of likely N-dealkylation sites (N-methyl/N-ethyl adjacent to an activating group) is 1. The molecule has 0 aliphatic carbocycles. The minimum Gasteiger partial charge on any atom is -0.465 e. The van der Waals surface area contributed by atoms with Crippen LogP contribution in [0, 0.1) is 0 Å². The SMILES string of the molecule is CCO[Si](CCCOC(=O)CNC)(OCC)OCC. The van der Waals surface area contributed by atoms with Crippen molar-refractivity contribution in [3.8, 4) is 0 Å². The lowest BCUT2D eigenvalue weighted by Crippen LogP contribution is -2.46. The molecule has 0 amide bonds. The summed E-state index contributed by atoms with van der Waals surface area (Å²) in [7, 11) is -0.886. The van der Waals surface area contributed by atoms with Gasteiger partial charge >= 0.3 is 14.8 Å². The van der Waals surface area contributed by atoms with E-state index in [0.29, 0.717) is 38.9 Å². The molecule has 0 aromatic carbocycles. The quantitative estimate of drug-likeness (QED) is 0.331. The molecule has 0 unspecified atom stereocenters. The van der Waals surface area contributed by atoms with E-state index in [1.54, 1.807) is 7.05 Å². The van der Waals surface area contributed by atoms with E-state index in [-0.39, 0.29) is 12.5 Å². The summed E-state index contributed by atoms with van der Waals surface area (Å²) in [5.41, 5.74) is 0. The third-order valence-corrected chi connectivity index (χ3v) is 5.46. The molecule has 6 nitrogen and oxygen atoms in total. The van der Waals surface area contributed by atoms with Crippen LogP contribution in [-0.2, 0) is 22.8 Å². The van der Waals surface area contributed by atoms with Crippen molar-refractivity contribution in [1.82, 2.24) is 5.32 Å². The second kappa shape index (κ2) is 11.4. The number of esters is 1. The second-order valence-electron chi connectivity index (χ2n) is 3.84. The lowest BCUT2D eigenvalue weighted by atomic mass is 10.5. The summed E-state index contributed by atoms with van der Waals surface area (Å²) in [5, 5.41) is 2.75. The molecule has 0 rings (SSSR count). The molecule has 0 saturated heterocycles. The number of ether oxygens (including phenoxy) is 1. The van der Waals surface area contributed by atoms with Crippen LogP contribution in [0.4, 0.5) is 0 Å². The number of nitrogens with one attached hydrogen (secondary N) is 1. The van der Waals surface area contributed by atoms with Gasteiger partial charge in [-0.05, 0) is 34.2 Å². The van der Waals surface area contributed by atoms with Crippen molar-refractivity contribution in [2.75, 3.05) is 40.0 Å². The van der Waals surface area contributed by atoms with Gasteiger partial charge in [-0.1, -0.05) is 0 Å². The first-order chi connectivity index (χ1) is 9.14. The van der Waals surface area contributed by atoms with Crippen LogP contribution in [0.5, 0.6) is 0 Å². The first kappa shape index (κ1) is 18.5. The van der Waals surface area contributed by atoms with Crippen LogP contribution in [0.25, 0.3) is 0 Å². The Kier molecular flexibility index (Phi) is 11.1. The highest BCUT2D eigenvalue weighted by Gasteiger charge is 2.39. The van der Waals surface area contributed by atoms with E-state index >= 15 is 0 Å². The summed E-state index contributed by atoms with van der Waals surface area (Å²) in [6, 6.07) is 0.662. The first-order valence-corrected chi connectivity index (χ1v) is 8.79.